The van der Waals surface area contributed by atoms with Gasteiger partial charge < -0.3 is 4.74 Å². The van der Waals surface area contributed by atoms with Gasteiger partial charge in [-0.2, -0.15) is 0 Å². The Kier molecular flexibility index (Phi) is 5.49. The number of rotatable bonds is 4. The molecule has 1 aromatic carbocycles. The molecular weight excluding hydrogens is 312 g/mol. The number of alkyl halides is 2. The van der Waals surface area contributed by atoms with Crippen LogP contribution in [-0.4, -0.2) is 35.9 Å². The predicted molar refractivity (Wildman–Crippen MR) is 87.7 cm³/mol. The first-order chi connectivity index (χ1) is 11.5. The largest absolute Gasteiger partial charge is 0.461 e. The normalized spacial score (nSPS) is 27.1. The summed E-state index contributed by atoms with van der Waals surface area (Å²) in [6.07, 6.45) is 3.83. The molecule has 3 nitrogen and oxygen atoms in total. The fourth-order valence-electron chi connectivity index (χ4n) is 3.88. The van der Waals surface area contributed by atoms with E-state index in [9.17, 15) is 13.6 Å². The molecule has 2 heterocycles. The van der Waals surface area contributed by atoms with E-state index in [0.717, 1.165) is 31.2 Å². The van der Waals surface area contributed by atoms with Crippen LogP contribution in [0.4, 0.5) is 8.78 Å². The Morgan fingerprint density at radius 2 is 2.00 bits per heavy atom. The highest BCUT2D eigenvalue weighted by molar-refractivity contribution is 5.69. The summed E-state index contributed by atoms with van der Waals surface area (Å²) in [6, 6.07) is 9.63. The molecule has 1 unspecified atom stereocenters. The van der Waals surface area contributed by atoms with Gasteiger partial charge in [0.15, 0.2) is 0 Å². The molecule has 0 aromatic heterocycles. The van der Waals surface area contributed by atoms with Gasteiger partial charge in [0.1, 0.15) is 6.61 Å². The van der Waals surface area contributed by atoms with Crippen LogP contribution < -0.4 is 0 Å². The standard InChI is InChI=1S/C19H25F2NO2/c20-19(21)12-17-8-4-7-15(9-10-22(17)14-19)11-18(23)24-13-16-5-2-1-3-6-16/h1-3,5-6,15,17H,4,7-14H2/t15?,17-/m0/s1. The average molecular weight is 337 g/mol. The Balaban J connectivity index is 1.45. The topological polar surface area (TPSA) is 29.5 Å². The first-order valence-electron chi connectivity index (χ1n) is 8.83. The molecule has 2 saturated heterocycles. The van der Waals surface area contributed by atoms with Crippen LogP contribution >= 0.6 is 0 Å². The fraction of sp³-hybridized carbons (Fsp3) is 0.632. The molecule has 132 valence electrons. The van der Waals surface area contributed by atoms with Crippen molar-refractivity contribution in [2.45, 2.75) is 57.1 Å². The second kappa shape index (κ2) is 7.60. The quantitative estimate of drug-likeness (QED) is 0.777. The lowest BCUT2D eigenvalue weighted by Gasteiger charge is -2.29. The molecule has 0 saturated carbocycles. The second-order valence-electron chi connectivity index (χ2n) is 7.12. The second-order valence-corrected chi connectivity index (χ2v) is 7.12. The van der Waals surface area contributed by atoms with Gasteiger partial charge >= 0.3 is 5.97 Å². The van der Waals surface area contributed by atoms with E-state index in [2.05, 4.69) is 0 Å². The number of carbonyl (C=O) groups is 1. The van der Waals surface area contributed by atoms with Gasteiger partial charge in [0, 0.05) is 18.9 Å². The van der Waals surface area contributed by atoms with Crippen molar-refractivity contribution in [1.29, 1.82) is 0 Å². The van der Waals surface area contributed by atoms with Crippen molar-refractivity contribution in [3.05, 3.63) is 35.9 Å². The van der Waals surface area contributed by atoms with E-state index in [1.165, 1.54) is 0 Å². The van der Waals surface area contributed by atoms with Crippen molar-refractivity contribution in [3.63, 3.8) is 0 Å². The van der Waals surface area contributed by atoms with Crippen LogP contribution in [0.2, 0.25) is 0 Å². The number of carbonyl (C=O) groups excluding carboxylic acids is 1. The van der Waals surface area contributed by atoms with Crippen LogP contribution in [0, 0.1) is 5.92 Å². The summed E-state index contributed by atoms with van der Waals surface area (Å²) in [7, 11) is 0. The van der Waals surface area contributed by atoms with Crippen molar-refractivity contribution < 1.29 is 18.3 Å². The smallest absolute Gasteiger partial charge is 0.306 e. The molecule has 0 spiro atoms. The molecule has 2 fully saturated rings. The number of benzene rings is 1. The molecule has 0 amide bonds. The predicted octanol–water partition coefficient (Wildman–Crippen LogP) is 4.02. The molecule has 3 rings (SSSR count). The highest BCUT2D eigenvalue weighted by Crippen LogP contribution is 2.36. The highest BCUT2D eigenvalue weighted by Gasteiger charge is 2.44. The Labute approximate surface area is 142 Å². The number of hydrogen-bond acceptors (Lipinski definition) is 3. The SMILES string of the molecule is O=C(CC1CCC[C@H]2CC(F)(F)CN2CC1)OCc1ccccc1. The summed E-state index contributed by atoms with van der Waals surface area (Å²) in [5.74, 6) is -2.49. The van der Waals surface area contributed by atoms with Crippen molar-refractivity contribution in [2.24, 2.45) is 5.92 Å². The van der Waals surface area contributed by atoms with Crippen molar-refractivity contribution in [1.82, 2.24) is 4.90 Å². The molecular formula is C19H25F2NO2. The van der Waals surface area contributed by atoms with Crippen LogP contribution in [0.15, 0.2) is 30.3 Å². The summed E-state index contributed by atoms with van der Waals surface area (Å²) in [5, 5.41) is 0. The lowest BCUT2D eigenvalue weighted by atomic mass is 9.91. The third kappa shape index (κ3) is 4.76. The Bertz CT molecular complexity index is 550. The van der Waals surface area contributed by atoms with Crippen LogP contribution in [0.5, 0.6) is 0 Å². The first kappa shape index (κ1) is 17.3. The lowest BCUT2D eigenvalue weighted by Crippen LogP contribution is -2.34. The van der Waals surface area contributed by atoms with E-state index in [4.69, 9.17) is 4.74 Å². The van der Waals surface area contributed by atoms with Gasteiger partial charge in [0.25, 0.3) is 5.92 Å². The van der Waals surface area contributed by atoms with Crippen molar-refractivity contribution >= 4 is 5.97 Å². The van der Waals surface area contributed by atoms with E-state index in [1.807, 2.05) is 35.2 Å². The molecule has 2 aliphatic heterocycles. The molecule has 5 heteroatoms. The highest BCUT2D eigenvalue weighted by atomic mass is 19.3. The minimum Gasteiger partial charge on any atom is -0.461 e. The maximum Gasteiger partial charge on any atom is 0.306 e. The maximum atomic E-state index is 13.6. The first-order valence-corrected chi connectivity index (χ1v) is 8.83. The molecule has 0 bridgehead atoms. The molecule has 0 aliphatic carbocycles. The minimum absolute atomic E-state index is 0.00319. The van der Waals surface area contributed by atoms with E-state index in [0.29, 0.717) is 19.6 Å². The van der Waals surface area contributed by atoms with Gasteiger partial charge in [-0.1, -0.05) is 36.8 Å². The van der Waals surface area contributed by atoms with Crippen LogP contribution in [0.3, 0.4) is 0 Å². The van der Waals surface area contributed by atoms with Gasteiger partial charge in [-0.3, -0.25) is 9.69 Å². The molecule has 1 aromatic rings. The molecule has 0 N–H and O–H groups in total. The molecule has 24 heavy (non-hydrogen) atoms. The monoisotopic (exact) mass is 337 g/mol. The van der Waals surface area contributed by atoms with Gasteiger partial charge in [-0.15, -0.1) is 0 Å². The summed E-state index contributed by atoms with van der Waals surface area (Å²) in [4.78, 5) is 14.0. The third-order valence-electron chi connectivity index (χ3n) is 5.16. The van der Waals surface area contributed by atoms with Crippen molar-refractivity contribution in [2.75, 3.05) is 13.1 Å². The van der Waals surface area contributed by atoms with Gasteiger partial charge in [0.2, 0.25) is 0 Å². The number of ether oxygens (including phenoxy) is 1. The average Bonchev–Trinajstić information content (AvgIpc) is 2.83. The van der Waals surface area contributed by atoms with Crippen LogP contribution in [0.25, 0.3) is 0 Å². The Morgan fingerprint density at radius 3 is 2.79 bits per heavy atom. The number of nitrogens with zero attached hydrogens (tertiary/aromatic N) is 1. The summed E-state index contributed by atoms with van der Waals surface area (Å²) >= 11 is 0. The minimum atomic E-state index is -2.54. The van der Waals surface area contributed by atoms with Gasteiger partial charge in [-0.05, 0) is 37.3 Å². The zero-order chi connectivity index (χ0) is 17.0. The van der Waals surface area contributed by atoms with E-state index >= 15 is 0 Å². The Hall–Kier alpha value is -1.49. The summed E-state index contributed by atoms with van der Waals surface area (Å²) in [6.45, 7) is 0.840. The maximum absolute atomic E-state index is 13.6. The van der Waals surface area contributed by atoms with Gasteiger partial charge in [-0.25, -0.2) is 8.78 Å². The Morgan fingerprint density at radius 1 is 1.21 bits per heavy atom. The number of hydrogen-bond donors (Lipinski definition) is 0. The van der Waals surface area contributed by atoms with E-state index < -0.39 is 5.92 Å². The number of esters is 1. The third-order valence-corrected chi connectivity index (χ3v) is 5.16. The molecule has 0 radical (unpaired) electrons. The summed E-state index contributed by atoms with van der Waals surface area (Å²) in [5.41, 5.74) is 0.977. The lowest BCUT2D eigenvalue weighted by molar-refractivity contribution is -0.146. The van der Waals surface area contributed by atoms with Crippen LogP contribution in [0.1, 0.15) is 44.1 Å². The van der Waals surface area contributed by atoms with Crippen molar-refractivity contribution in [3.8, 4) is 0 Å². The van der Waals surface area contributed by atoms with Gasteiger partial charge in [0.05, 0.1) is 6.54 Å². The molecule has 2 atom stereocenters. The molecule has 2 aliphatic rings. The number of halogens is 2. The summed E-state index contributed by atoms with van der Waals surface area (Å²) < 4.78 is 32.5. The van der Waals surface area contributed by atoms with E-state index in [-0.39, 0.29) is 30.9 Å². The zero-order valence-electron chi connectivity index (χ0n) is 13.9. The zero-order valence-corrected chi connectivity index (χ0v) is 13.9. The number of fused-ring (bicyclic) bond motifs is 1. The van der Waals surface area contributed by atoms with E-state index in [1.54, 1.807) is 0 Å². The van der Waals surface area contributed by atoms with Crippen LogP contribution in [-0.2, 0) is 16.1 Å². The fourth-order valence-corrected chi connectivity index (χ4v) is 3.88.